The Morgan fingerprint density at radius 3 is 1.59 bits per heavy atom. The minimum atomic E-state index is -1.54. The summed E-state index contributed by atoms with van der Waals surface area (Å²) in [5.41, 5.74) is 13.4. The Balaban J connectivity index is 1.88. The summed E-state index contributed by atoms with van der Waals surface area (Å²) in [6.45, 7) is 1.88. The number of aromatic amines is 1. The van der Waals surface area contributed by atoms with Crippen molar-refractivity contribution in [1.82, 2.24) is 41.9 Å². The third-order valence-electron chi connectivity index (χ3n) is 10.3. The maximum atomic E-state index is 14.4. The smallest absolute Gasteiger partial charge is 0.305 e. The fourth-order valence-corrected chi connectivity index (χ4v) is 7.53. The summed E-state index contributed by atoms with van der Waals surface area (Å²) in [4.78, 5) is 113. The van der Waals surface area contributed by atoms with E-state index in [9.17, 15) is 48.6 Å². The Morgan fingerprint density at radius 2 is 1.11 bits per heavy atom. The molecule has 360 valence electrons. The molecule has 2 aromatic carbocycles. The zero-order valence-electron chi connectivity index (χ0n) is 37.2. The van der Waals surface area contributed by atoms with Crippen molar-refractivity contribution in [2.45, 2.75) is 107 Å². The number of H-pyrrole nitrogens is 1. The first-order chi connectivity index (χ1) is 31.5. The van der Waals surface area contributed by atoms with Gasteiger partial charge in [0.05, 0.1) is 18.8 Å². The zero-order chi connectivity index (χ0) is 48.6. The Labute approximate surface area is 392 Å². The number of primary amides is 1. The minimum absolute atomic E-state index is 0.00945. The number of aliphatic carboxylic acids is 1. The van der Waals surface area contributed by atoms with E-state index in [4.69, 9.17) is 11.5 Å². The first-order valence-electron chi connectivity index (χ1n) is 21.4. The molecule has 1 heterocycles. The molecule has 0 saturated heterocycles. The lowest BCUT2D eigenvalue weighted by Gasteiger charge is -2.27. The molecule has 0 unspecified atom stereocenters. The van der Waals surface area contributed by atoms with E-state index in [2.05, 4.69) is 41.9 Å². The SMILES string of the molecule is CCCC[C@H](NC(=O)[C@H](Cc1cnc[nH]1)NC(=O)[C@H](Cc1ccccc1)NC(=O)[C@@H](CCSC)NC(=O)[C@@H](N)Cc1ccc(O)cc1)C(=O)N[C@@H](CCSC)C(=O)N[C@@H](CC(=O)O)C(N)=O. The van der Waals surface area contributed by atoms with Crippen molar-refractivity contribution >= 4 is 70.8 Å². The number of phenolic OH excluding ortho intramolecular Hbond substituents is 1. The average Bonchev–Trinajstić information content (AvgIpc) is 3.81. The number of nitrogens with two attached hydrogens (primary N) is 2. The van der Waals surface area contributed by atoms with Gasteiger partial charge >= 0.3 is 5.97 Å². The Morgan fingerprint density at radius 1 is 0.636 bits per heavy atom. The van der Waals surface area contributed by atoms with Crippen LogP contribution in [0.15, 0.2) is 67.1 Å². The number of imidazole rings is 1. The molecule has 3 aromatic rings. The number of unbranched alkanes of at least 4 members (excludes halogenated alkanes) is 1. The molecule has 0 radical (unpaired) electrons. The number of carbonyl (C=O) groups is 8. The summed E-state index contributed by atoms with van der Waals surface area (Å²) in [6.07, 6.45) is 7.22. The van der Waals surface area contributed by atoms with Gasteiger partial charge in [0.25, 0.3) is 0 Å². The monoisotopic (exact) mass is 954 g/mol. The number of benzene rings is 2. The molecule has 13 N–H and O–H groups in total. The van der Waals surface area contributed by atoms with Crippen molar-refractivity contribution in [2.75, 3.05) is 24.0 Å². The van der Waals surface area contributed by atoms with E-state index >= 15 is 0 Å². The van der Waals surface area contributed by atoms with E-state index < -0.39 is 96.0 Å². The van der Waals surface area contributed by atoms with E-state index in [1.807, 2.05) is 13.2 Å². The van der Waals surface area contributed by atoms with Crippen molar-refractivity contribution in [1.29, 1.82) is 0 Å². The van der Waals surface area contributed by atoms with Gasteiger partial charge in [-0.15, -0.1) is 0 Å². The Hall–Kier alpha value is -6.13. The van der Waals surface area contributed by atoms with Crippen LogP contribution in [0.3, 0.4) is 0 Å². The van der Waals surface area contributed by atoms with Gasteiger partial charge in [-0.25, -0.2) is 4.98 Å². The molecule has 0 aliphatic heterocycles. The number of nitrogens with zero attached hydrogens (tertiary/aromatic N) is 1. The number of thioether (sulfide) groups is 2. The predicted octanol–water partition coefficient (Wildman–Crippen LogP) is 0.0357. The van der Waals surface area contributed by atoms with Crippen molar-refractivity contribution in [2.24, 2.45) is 11.5 Å². The van der Waals surface area contributed by atoms with E-state index in [0.717, 1.165) is 0 Å². The normalized spacial score (nSPS) is 14.2. The lowest BCUT2D eigenvalue weighted by Crippen LogP contribution is -2.60. The number of nitrogens with one attached hydrogen (secondary N) is 7. The molecular formula is C44H62N10O10S2. The van der Waals surface area contributed by atoms with Crippen molar-refractivity contribution in [3.05, 3.63) is 83.9 Å². The number of hydrogen-bond donors (Lipinski definition) is 11. The molecule has 20 nitrogen and oxygen atoms in total. The lowest BCUT2D eigenvalue weighted by atomic mass is 10.0. The molecular weight excluding hydrogens is 893 g/mol. The molecule has 0 aliphatic carbocycles. The highest BCUT2D eigenvalue weighted by atomic mass is 32.2. The molecule has 3 rings (SSSR count). The summed E-state index contributed by atoms with van der Waals surface area (Å²) in [6, 6.07) is 6.34. The Kier molecular flexibility index (Phi) is 23.6. The summed E-state index contributed by atoms with van der Waals surface area (Å²) in [7, 11) is 0. The van der Waals surface area contributed by atoms with Gasteiger partial charge in [-0.05, 0) is 73.0 Å². The van der Waals surface area contributed by atoms with Gasteiger partial charge in [0.1, 0.15) is 42.0 Å². The molecule has 0 fully saturated rings. The number of carboxylic acid groups (broad SMARTS) is 1. The average molecular weight is 955 g/mol. The molecule has 66 heavy (non-hydrogen) atoms. The minimum Gasteiger partial charge on any atom is -0.508 e. The second kappa shape index (κ2) is 28.7. The first kappa shape index (κ1) is 54.2. The van der Waals surface area contributed by atoms with Crippen LogP contribution in [0.2, 0.25) is 0 Å². The van der Waals surface area contributed by atoms with Crippen LogP contribution in [-0.2, 0) is 57.6 Å². The fourth-order valence-electron chi connectivity index (χ4n) is 6.59. The highest BCUT2D eigenvalue weighted by Crippen LogP contribution is 2.13. The van der Waals surface area contributed by atoms with Gasteiger partial charge in [0, 0.05) is 24.7 Å². The third kappa shape index (κ3) is 19.1. The lowest BCUT2D eigenvalue weighted by molar-refractivity contribution is -0.140. The van der Waals surface area contributed by atoms with Crippen LogP contribution in [0, 0.1) is 0 Å². The van der Waals surface area contributed by atoms with Crippen molar-refractivity contribution in [3.8, 4) is 5.75 Å². The number of carboxylic acids is 1. The second-order valence-electron chi connectivity index (χ2n) is 15.5. The van der Waals surface area contributed by atoms with E-state index in [-0.39, 0.29) is 44.3 Å². The third-order valence-corrected chi connectivity index (χ3v) is 11.5. The van der Waals surface area contributed by atoms with Crippen molar-refractivity contribution < 1.29 is 48.6 Å². The highest BCUT2D eigenvalue weighted by molar-refractivity contribution is 7.98. The van der Waals surface area contributed by atoms with Gasteiger partial charge in [0.2, 0.25) is 41.4 Å². The molecule has 0 bridgehead atoms. The van der Waals surface area contributed by atoms with Gasteiger partial charge < -0.3 is 58.6 Å². The molecule has 0 saturated carbocycles. The van der Waals surface area contributed by atoms with E-state index in [0.29, 0.717) is 41.2 Å². The Bertz CT molecular complexity index is 2050. The van der Waals surface area contributed by atoms with Crippen LogP contribution in [0.5, 0.6) is 5.75 Å². The summed E-state index contributed by atoms with van der Waals surface area (Å²) < 4.78 is 0. The summed E-state index contributed by atoms with van der Waals surface area (Å²) in [5.74, 6) is -5.90. The standard InChI is InChI=1S/C44H62N10O10S2/c1-4-5-11-31(40(60)51-33(17-19-66-3)41(61)52-34(38(46)58)23-37(56)57)50-44(64)36(22-28-24-47-25-48-28)54-43(63)35(21-26-9-7-6-8-10-26)53-42(62)32(16-18-65-2)49-39(59)30(45)20-27-12-14-29(55)15-13-27/h6-10,12-15,24-25,30-36,55H,4-5,11,16-23,45H2,1-3H3,(H2,46,58)(H,47,48)(H,49,59)(H,50,64)(H,51,60)(H,52,61)(H,53,62)(H,54,63)(H,56,57)/t30-,31-,32+,33-,34-,35-,36-/m0/s1. The molecule has 22 heteroatoms. The molecule has 1 aromatic heterocycles. The topological polar surface area (TPSA) is 330 Å². The zero-order valence-corrected chi connectivity index (χ0v) is 38.9. The predicted molar refractivity (Wildman–Crippen MR) is 251 cm³/mol. The number of aromatic nitrogens is 2. The second-order valence-corrected chi connectivity index (χ2v) is 17.5. The molecule has 0 spiro atoms. The van der Waals surface area contributed by atoms with Gasteiger partial charge in [0.15, 0.2) is 0 Å². The van der Waals surface area contributed by atoms with Crippen molar-refractivity contribution in [3.63, 3.8) is 0 Å². The van der Waals surface area contributed by atoms with Crippen LogP contribution in [-0.4, -0.2) is 134 Å². The molecule has 7 atom stereocenters. The number of phenols is 1. The van der Waals surface area contributed by atoms with Gasteiger partial charge in [-0.2, -0.15) is 23.5 Å². The molecule has 7 amide bonds. The van der Waals surface area contributed by atoms with Crippen LogP contribution >= 0.6 is 23.5 Å². The van der Waals surface area contributed by atoms with Crippen LogP contribution in [0.1, 0.15) is 62.3 Å². The number of rotatable bonds is 30. The van der Waals surface area contributed by atoms with Gasteiger partial charge in [-0.1, -0.05) is 62.2 Å². The number of aromatic hydroxyl groups is 1. The summed E-state index contributed by atoms with van der Waals surface area (Å²) >= 11 is 2.83. The van der Waals surface area contributed by atoms with Crippen LogP contribution < -0.4 is 43.4 Å². The van der Waals surface area contributed by atoms with Crippen LogP contribution in [0.4, 0.5) is 0 Å². The highest BCUT2D eigenvalue weighted by Gasteiger charge is 2.34. The number of hydrogen-bond acceptors (Lipinski definition) is 13. The van der Waals surface area contributed by atoms with Crippen LogP contribution in [0.25, 0.3) is 0 Å². The first-order valence-corrected chi connectivity index (χ1v) is 24.2. The molecule has 0 aliphatic rings. The largest absolute Gasteiger partial charge is 0.508 e. The quantitative estimate of drug-likeness (QED) is 0.0421. The van der Waals surface area contributed by atoms with E-state index in [1.54, 1.807) is 48.7 Å². The number of carbonyl (C=O) groups excluding carboxylic acids is 7. The maximum Gasteiger partial charge on any atom is 0.305 e. The van der Waals surface area contributed by atoms with Gasteiger partial charge in [-0.3, -0.25) is 38.4 Å². The fraction of sp³-hybridized carbons (Fsp3) is 0.477. The van der Waals surface area contributed by atoms with E-state index in [1.165, 1.54) is 48.2 Å². The maximum absolute atomic E-state index is 14.4. The number of amides is 7. The summed E-state index contributed by atoms with van der Waals surface area (Å²) in [5, 5.41) is 34.8.